The van der Waals surface area contributed by atoms with Crippen LogP contribution in [0.15, 0.2) is 65.7 Å². The largest absolute Gasteiger partial charge is 0.344 e. The number of benzene rings is 2. The van der Waals surface area contributed by atoms with Crippen molar-refractivity contribution in [3.8, 4) is 11.4 Å². The van der Waals surface area contributed by atoms with Gasteiger partial charge < -0.3 is 15.5 Å². The van der Waals surface area contributed by atoms with Crippen molar-refractivity contribution in [3.05, 3.63) is 77.1 Å². The van der Waals surface area contributed by atoms with Gasteiger partial charge in [0, 0.05) is 25.1 Å². The molecular weight excluding hydrogens is 604 g/mol. The smallest absolute Gasteiger partial charge is 0.261 e. The van der Waals surface area contributed by atoms with E-state index in [4.69, 9.17) is 10.1 Å². The zero-order chi connectivity index (χ0) is 32.6. The van der Waals surface area contributed by atoms with Gasteiger partial charge in [0.15, 0.2) is 11.6 Å². The molecule has 0 unspecified atom stereocenters. The minimum Gasteiger partial charge on any atom is -0.344 e. The summed E-state index contributed by atoms with van der Waals surface area (Å²) in [6.07, 6.45) is 4.36. The third-order valence-corrected chi connectivity index (χ3v) is 8.68. The van der Waals surface area contributed by atoms with Crippen molar-refractivity contribution >= 4 is 40.4 Å². The summed E-state index contributed by atoms with van der Waals surface area (Å²) in [6.45, 7) is 4.64. The van der Waals surface area contributed by atoms with E-state index in [0.717, 1.165) is 5.56 Å². The lowest BCUT2D eigenvalue weighted by atomic mass is 10.0. The van der Waals surface area contributed by atoms with E-state index in [2.05, 4.69) is 15.6 Å². The predicted molar refractivity (Wildman–Crippen MR) is 178 cm³/mol. The molecule has 3 heterocycles. The summed E-state index contributed by atoms with van der Waals surface area (Å²) in [5.41, 5.74) is 1.10. The van der Waals surface area contributed by atoms with E-state index in [1.165, 1.54) is 10.9 Å². The Bertz CT molecular complexity index is 1740. The Kier molecular flexibility index (Phi) is 10.8. The monoisotopic (exact) mass is 644 g/mol. The lowest BCUT2D eigenvalue weighted by Gasteiger charge is -2.28. The van der Waals surface area contributed by atoms with Crippen LogP contribution in [0.2, 0.25) is 0 Å². The van der Waals surface area contributed by atoms with E-state index in [-0.39, 0.29) is 55.3 Å². The summed E-state index contributed by atoms with van der Waals surface area (Å²) >= 11 is 1.61. The predicted octanol–water partition coefficient (Wildman–Crippen LogP) is 3.03. The van der Waals surface area contributed by atoms with Crippen molar-refractivity contribution in [3.63, 3.8) is 0 Å². The quantitative estimate of drug-likeness (QED) is 0.313. The van der Waals surface area contributed by atoms with Crippen LogP contribution in [0.1, 0.15) is 45.0 Å². The molecule has 2 aromatic heterocycles. The molecule has 5 rings (SSSR count). The fraction of sp³-hybridized carbons (Fsp3) is 0.424. The highest BCUT2D eigenvalue weighted by atomic mass is 32.2. The van der Waals surface area contributed by atoms with E-state index in [1.54, 1.807) is 39.5 Å². The molecule has 1 aliphatic rings. The minimum absolute atomic E-state index is 0.0506. The molecule has 46 heavy (non-hydrogen) atoms. The maximum Gasteiger partial charge on any atom is 0.261 e. The van der Waals surface area contributed by atoms with Gasteiger partial charge in [-0.25, -0.2) is 14.6 Å². The zero-order valence-electron chi connectivity index (χ0n) is 26.4. The molecule has 12 nitrogen and oxygen atoms in total. The topological polar surface area (TPSA) is 144 Å². The second-order valence-corrected chi connectivity index (χ2v) is 12.7. The number of fused-ring (bicyclic) bond motifs is 2. The number of para-hydroxylation sites is 1. The SMILES string of the molecule is CSCC[C@@H]1NC(=O)CCCN(C(=O)Cn2cnc3ccccc3c2=O)CCn2nc(-c3ccccc3)nc2[C@@H](C(C)C)NC1=O. The van der Waals surface area contributed by atoms with Gasteiger partial charge in [0.2, 0.25) is 17.7 Å². The summed E-state index contributed by atoms with van der Waals surface area (Å²) in [5.74, 6) is 0.935. The first kappa shape index (κ1) is 32.9. The Morgan fingerprint density at radius 3 is 2.52 bits per heavy atom. The molecule has 0 saturated heterocycles. The molecule has 242 valence electrons. The number of nitrogens with one attached hydrogen (secondary N) is 2. The zero-order valence-corrected chi connectivity index (χ0v) is 27.2. The normalized spacial score (nSPS) is 18.1. The van der Waals surface area contributed by atoms with E-state index >= 15 is 0 Å². The Morgan fingerprint density at radius 1 is 1.00 bits per heavy atom. The van der Waals surface area contributed by atoms with Crippen LogP contribution in [0.3, 0.4) is 0 Å². The summed E-state index contributed by atoms with van der Waals surface area (Å²) in [7, 11) is 0. The molecule has 1 aliphatic heterocycles. The molecule has 2 aromatic carbocycles. The molecule has 2 atom stereocenters. The fourth-order valence-electron chi connectivity index (χ4n) is 5.48. The fourth-order valence-corrected chi connectivity index (χ4v) is 5.96. The van der Waals surface area contributed by atoms with E-state index in [1.807, 2.05) is 56.5 Å². The van der Waals surface area contributed by atoms with Gasteiger partial charge in [0.05, 0.1) is 29.8 Å². The molecular formula is C33H40N8O4S. The van der Waals surface area contributed by atoms with Crippen LogP contribution in [0.25, 0.3) is 22.3 Å². The van der Waals surface area contributed by atoms with Crippen LogP contribution < -0.4 is 16.2 Å². The lowest BCUT2D eigenvalue weighted by molar-refractivity contribution is -0.133. The summed E-state index contributed by atoms with van der Waals surface area (Å²) in [6, 6.07) is 15.4. The van der Waals surface area contributed by atoms with Gasteiger partial charge in [-0.05, 0) is 42.9 Å². The van der Waals surface area contributed by atoms with Crippen molar-refractivity contribution in [1.29, 1.82) is 0 Å². The van der Waals surface area contributed by atoms with E-state index in [0.29, 0.717) is 47.7 Å². The molecule has 0 spiro atoms. The average molecular weight is 645 g/mol. The van der Waals surface area contributed by atoms with E-state index in [9.17, 15) is 19.2 Å². The van der Waals surface area contributed by atoms with Gasteiger partial charge in [-0.2, -0.15) is 16.9 Å². The Morgan fingerprint density at radius 2 is 1.76 bits per heavy atom. The van der Waals surface area contributed by atoms with Crippen LogP contribution in [-0.4, -0.2) is 78.1 Å². The highest BCUT2D eigenvalue weighted by molar-refractivity contribution is 7.98. The molecule has 0 fully saturated rings. The number of rotatable bonds is 7. The van der Waals surface area contributed by atoms with Crippen LogP contribution in [-0.2, 0) is 27.5 Å². The van der Waals surface area contributed by atoms with Crippen LogP contribution in [0.4, 0.5) is 0 Å². The number of thioether (sulfide) groups is 1. The molecule has 13 heteroatoms. The van der Waals surface area contributed by atoms with Gasteiger partial charge in [0.1, 0.15) is 12.6 Å². The highest BCUT2D eigenvalue weighted by Crippen LogP contribution is 2.25. The number of carbonyl (C=O) groups is 3. The Hall–Kier alpha value is -4.52. The first-order chi connectivity index (χ1) is 22.2. The number of carbonyl (C=O) groups excluding carboxylic acids is 3. The molecule has 2 N–H and O–H groups in total. The minimum atomic E-state index is -0.709. The molecule has 3 amide bonds. The second-order valence-electron chi connectivity index (χ2n) is 11.7. The number of hydrogen-bond acceptors (Lipinski definition) is 8. The molecule has 0 saturated carbocycles. The molecule has 0 radical (unpaired) electrons. The summed E-state index contributed by atoms with van der Waals surface area (Å²) < 4.78 is 3.08. The summed E-state index contributed by atoms with van der Waals surface area (Å²) in [4.78, 5) is 64.4. The standard InChI is InChI=1S/C33H40N8O4S/c1-22(2)29-31-37-30(23-10-5-4-6-11-23)38-41(31)18-17-39(16-9-14-27(42)35-26(15-19-46-3)32(44)36-29)28(43)20-40-21-34-25-13-8-7-12-24(25)33(40)45/h4-8,10-13,21-22,26,29H,9,14-20H2,1-3H3,(H,35,42)(H,36,44)/t26-,29+/m0/s1. The van der Waals surface area contributed by atoms with Crippen LogP contribution in [0, 0.1) is 5.92 Å². The van der Waals surface area contributed by atoms with Crippen molar-refractivity contribution in [1.82, 2.24) is 39.8 Å². The second kappa shape index (κ2) is 15.2. The molecule has 0 aliphatic carbocycles. The van der Waals surface area contributed by atoms with Gasteiger partial charge >= 0.3 is 0 Å². The van der Waals surface area contributed by atoms with Crippen LogP contribution >= 0.6 is 11.8 Å². The van der Waals surface area contributed by atoms with Crippen molar-refractivity contribution in [2.24, 2.45) is 5.92 Å². The maximum absolute atomic E-state index is 13.7. The Labute approximate surface area is 272 Å². The van der Waals surface area contributed by atoms with E-state index < -0.39 is 12.1 Å². The van der Waals surface area contributed by atoms with Crippen molar-refractivity contribution < 1.29 is 14.4 Å². The number of aromatic nitrogens is 5. The number of nitrogens with zero attached hydrogens (tertiary/aromatic N) is 6. The average Bonchev–Trinajstić information content (AvgIpc) is 3.48. The van der Waals surface area contributed by atoms with Gasteiger partial charge in [-0.1, -0.05) is 56.3 Å². The van der Waals surface area contributed by atoms with Crippen molar-refractivity contribution in [2.45, 2.75) is 58.3 Å². The number of amides is 3. The first-order valence-corrected chi connectivity index (χ1v) is 16.9. The maximum atomic E-state index is 13.7. The van der Waals surface area contributed by atoms with Gasteiger partial charge in [-0.15, -0.1) is 0 Å². The van der Waals surface area contributed by atoms with Gasteiger partial charge in [0.25, 0.3) is 5.56 Å². The lowest BCUT2D eigenvalue weighted by Crippen LogP contribution is -2.49. The van der Waals surface area contributed by atoms with Crippen LogP contribution in [0.5, 0.6) is 0 Å². The first-order valence-electron chi connectivity index (χ1n) is 15.6. The van der Waals surface area contributed by atoms with Gasteiger partial charge in [-0.3, -0.25) is 23.7 Å². The summed E-state index contributed by atoms with van der Waals surface area (Å²) in [5, 5.41) is 11.3. The number of hydrogen-bond donors (Lipinski definition) is 2. The highest BCUT2D eigenvalue weighted by Gasteiger charge is 2.30. The van der Waals surface area contributed by atoms with Crippen molar-refractivity contribution in [2.75, 3.05) is 25.1 Å². The Balaban J connectivity index is 1.48. The third-order valence-electron chi connectivity index (χ3n) is 8.04. The molecule has 4 aromatic rings. The molecule has 0 bridgehead atoms. The third kappa shape index (κ3) is 7.82.